The van der Waals surface area contributed by atoms with E-state index in [0.29, 0.717) is 60.3 Å². The largest absolute Gasteiger partial charge is 0.481 e. The van der Waals surface area contributed by atoms with Crippen LogP contribution < -0.4 is 4.90 Å². The quantitative estimate of drug-likeness (QED) is 0.329. The van der Waals surface area contributed by atoms with Crippen LogP contribution in [-0.4, -0.2) is 58.0 Å². The number of hydrogen-bond donors (Lipinski definition) is 1. The third-order valence-electron chi connectivity index (χ3n) is 7.26. The molecule has 1 saturated heterocycles. The Kier molecular flexibility index (Phi) is 7.81. The minimum Gasteiger partial charge on any atom is -0.481 e. The summed E-state index contributed by atoms with van der Waals surface area (Å²) in [6.45, 7) is 4.49. The Labute approximate surface area is 226 Å². The summed E-state index contributed by atoms with van der Waals surface area (Å²) in [6, 6.07) is 21.7. The second-order valence-electron chi connectivity index (χ2n) is 9.98. The van der Waals surface area contributed by atoms with Crippen molar-refractivity contribution in [3.63, 3.8) is 0 Å². The van der Waals surface area contributed by atoms with Crippen LogP contribution in [0.5, 0.6) is 0 Å². The van der Waals surface area contributed by atoms with Crippen molar-refractivity contribution < 1.29 is 19.1 Å². The Bertz CT molecular complexity index is 1470. The Morgan fingerprint density at radius 2 is 1.64 bits per heavy atom. The number of halogens is 1. The summed E-state index contributed by atoms with van der Waals surface area (Å²) in [6.07, 6.45) is 1.64. The lowest BCUT2D eigenvalue weighted by atomic mass is 10.0. The molecular formula is C31H31FN4O3. The van der Waals surface area contributed by atoms with Gasteiger partial charge in [0.05, 0.1) is 28.3 Å². The molecule has 0 bridgehead atoms. The second-order valence-corrected chi connectivity index (χ2v) is 9.98. The first kappa shape index (κ1) is 26.3. The molecule has 0 saturated carbocycles. The monoisotopic (exact) mass is 526 g/mol. The first-order valence-electron chi connectivity index (χ1n) is 13.3. The number of benzene rings is 3. The number of anilines is 1. The van der Waals surface area contributed by atoms with Crippen LogP contribution in [0, 0.1) is 11.7 Å². The van der Waals surface area contributed by atoms with Crippen LogP contribution >= 0.6 is 0 Å². The van der Waals surface area contributed by atoms with Crippen LogP contribution in [0.15, 0.2) is 72.8 Å². The van der Waals surface area contributed by atoms with E-state index in [1.165, 1.54) is 12.1 Å². The molecule has 1 aliphatic rings. The van der Waals surface area contributed by atoms with Gasteiger partial charge in [0.15, 0.2) is 0 Å². The topological polar surface area (TPSA) is 86.6 Å². The summed E-state index contributed by atoms with van der Waals surface area (Å²) in [5, 5.41) is 9.24. The molecule has 0 aliphatic carbocycles. The fourth-order valence-corrected chi connectivity index (χ4v) is 4.93. The highest BCUT2D eigenvalue weighted by molar-refractivity contribution is 5.97. The Morgan fingerprint density at radius 1 is 0.923 bits per heavy atom. The summed E-state index contributed by atoms with van der Waals surface area (Å²) in [5.41, 5.74) is 5.05. The molecule has 1 amide bonds. The summed E-state index contributed by atoms with van der Waals surface area (Å²) in [7, 11) is 0. The molecule has 8 heteroatoms. The molecule has 4 aromatic rings. The second kappa shape index (κ2) is 11.6. The van der Waals surface area contributed by atoms with Crippen molar-refractivity contribution in [3.8, 4) is 11.3 Å². The number of fused-ring (bicyclic) bond motifs is 1. The van der Waals surface area contributed by atoms with E-state index < -0.39 is 11.9 Å². The third kappa shape index (κ3) is 6.06. The highest BCUT2D eigenvalue weighted by Crippen LogP contribution is 2.27. The average molecular weight is 527 g/mol. The van der Waals surface area contributed by atoms with Crippen LogP contribution in [0.4, 0.5) is 10.1 Å². The summed E-state index contributed by atoms with van der Waals surface area (Å²) in [5.74, 6) is -1.66. The number of aromatic nitrogens is 2. The standard InChI is InChI=1S/C31H31FN4O3/c1-21(31(38)39)6-5-9-27-29(22-10-13-24(32)14-11-22)34-26-15-12-23(20-28(26)33-27)30(37)36-18-16-35(17-19-36)25-7-3-2-4-8-25/h2-4,7-8,10-15,20-21H,5-6,9,16-19H2,1H3,(H,38,39)/t21-/m0/s1. The molecule has 1 aliphatic heterocycles. The molecule has 1 aromatic heterocycles. The molecule has 1 N–H and O–H groups in total. The normalized spacial score (nSPS) is 14.4. The first-order valence-corrected chi connectivity index (χ1v) is 13.3. The first-order chi connectivity index (χ1) is 18.9. The van der Waals surface area contributed by atoms with Gasteiger partial charge >= 0.3 is 5.97 Å². The highest BCUT2D eigenvalue weighted by atomic mass is 19.1. The maximum absolute atomic E-state index is 13.6. The van der Waals surface area contributed by atoms with Gasteiger partial charge in [-0.25, -0.2) is 14.4 Å². The molecule has 1 fully saturated rings. The van der Waals surface area contributed by atoms with Gasteiger partial charge in [-0.15, -0.1) is 0 Å². The number of carboxylic acids is 1. The zero-order chi connectivity index (χ0) is 27.4. The van der Waals surface area contributed by atoms with Gasteiger partial charge in [-0.1, -0.05) is 25.1 Å². The predicted octanol–water partition coefficient (Wildman–Crippen LogP) is 5.44. The van der Waals surface area contributed by atoms with Crippen LogP contribution in [0.3, 0.4) is 0 Å². The zero-order valence-corrected chi connectivity index (χ0v) is 21.9. The van der Waals surface area contributed by atoms with Gasteiger partial charge in [0.25, 0.3) is 5.91 Å². The number of aryl methyl sites for hydroxylation is 1. The van der Waals surface area contributed by atoms with E-state index in [4.69, 9.17) is 9.97 Å². The van der Waals surface area contributed by atoms with Gasteiger partial charge in [0, 0.05) is 43.0 Å². The number of piperazine rings is 1. The molecule has 7 nitrogen and oxygen atoms in total. The number of rotatable bonds is 8. The number of carboxylic acid groups (broad SMARTS) is 1. The Morgan fingerprint density at radius 3 is 2.33 bits per heavy atom. The van der Waals surface area contributed by atoms with Crippen molar-refractivity contribution in [2.75, 3.05) is 31.1 Å². The zero-order valence-electron chi connectivity index (χ0n) is 21.9. The van der Waals surface area contributed by atoms with E-state index in [0.717, 1.165) is 24.3 Å². The number of carbonyl (C=O) groups is 2. The SMILES string of the molecule is C[C@@H](CCCc1nc2cc(C(=O)N3CCN(c4ccccc4)CC3)ccc2nc1-c1ccc(F)cc1)C(=O)O. The number of hydrogen-bond acceptors (Lipinski definition) is 5. The van der Waals surface area contributed by atoms with Crippen molar-refractivity contribution in [1.29, 1.82) is 0 Å². The molecule has 0 spiro atoms. The van der Waals surface area contributed by atoms with Crippen molar-refractivity contribution in [1.82, 2.24) is 14.9 Å². The fraction of sp³-hybridized carbons (Fsp3) is 0.290. The van der Waals surface area contributed by atoms with Gasteiger partial charge in [-0.3, -0.25) is 9.59 Å². The van der Waals surface area contributed by atoms with E-state index in [-0.39, 0.29) is 11.7 Å². The number of carbonyl (C=O) groups excluding carboxylic acids is 1. The minimum atomic E-state index is -0.828. The molecule has 2 heterocycles. The van der Waals surface area contributed by atoms with Gasteiger partial charge < -0.3 is 14.9 Å². The van der Waals surface area contributed by atoms with Crippen molar-refractivity contribution in [2.24, 2.45) is 5.92 Å². The summed E-state index contributed by atoms with van der Waals surface area (Å²) in [4.78, 5) is 38.5. The summed E-state index contributed by atoms with van der Waals surface area (Å²) >= 11 is 0. The van der Waals surface area contributed by atoms with Crippen molar-refractivity contribution >= 4 is 28.6 Å². The molecule has 0 radical (unpaired) electrons. The van der Waals surface area contributed by atoms with Gasteiger partial charge in [-0.2, -0.15) is 0 Å². The third-order valence-corrected chi connectivity index (χ3v) is 7.26. The average Bonchev–Trinajstić information content (AvgIpc) is 2.97. The number of amides is 1. The Balaban J connectivity index is 1.38. The predicted molar refractivity (Wildman–Crippen MR) is 149 cm³/mol. The van der Waals surface area contributed by atoms with Gasteiger partial charge in [0.1, 0.15) is 5.82 Å². The maximum Gasteiger partial charge on any atom is 0.306 e. The van der Waals surface area contributed by atoms with Crippen molar-refractivity contribution in [2.45, 2.75) is 26.2 Å². The molecular weight excluding hydrogens is 495 g/mol. The highest BCUT2D eigenvalue weighted by Gasteiger charge is 2.23. The lowest BCUT2D eigenvalue weighted by molar-refractivity contribution is -0.141. The van der Waals surface area contributed by atoms with Gasteiger partial charge in [0.2, 0.25) is 0 Å². The molecule has 5 rings (SSSR count). The molecule has 3 aromatic carbocycles. The molecule has 0 unspecified atom stereocenters. The number of para-hydroxylation sites is 1. The van der Waals surface area contributed by atoms with Crippen LogP contribution in [0.25, 0.3) is 22.3 Å². The van der Waals surface area contributed by atoms with E-state index in [1.807, 2.05) is 23.1 Å². The number of aliphatic carboxylic acids is 1. The van der Waals surface area contributed by atoms with E-state index in [9.17, 15) is 19.1 Å². The fourth-order valence-electron chi connectivity index (χ4n) is 4.93. The molecule has 1 atom stereocenters. The van der Waals surface area contributed by atoms with Crippen molar-refractivity contribution in [3.05, 3.63) is 89.9 Å². The van der Waals surface area contributed by atoms with Gasteiger partial charge in [-0.05, 0) is 73.9 Å². The van der Waals surface area contributed by atoms with Crippen LogP contribution in [0.2, 0.25) is 0 Å². The summed E-state index contributed by atoms with van der Waals surface area (Å²) < 4.78 is 13.6. The van der Waals surface area contributed by atoms with E-state index in [2.05, 4.69) is 17.0 Å². The maximum atomic E-state index is 13.6. The minimum absolute atomic E-state index is 0.0362. The van der Waals surface area contributed by atoms with E-state index in [1.54, 1.807) is 37.3 Å². The number of nitrogens with zero attached hydrogens (tertiary/aromatic N) is 4. The lowest BCUT2D eigenvalue weighted by Gasteiger charge is -2.36. The van der Waals surface area contributed by atoms with E-state index >= 15 is 0 Å². The smallest absolute Gasteiger partial charge is 0.306 e. The Hall–Kier alpha value is -4.33. The molecule has 39 heavy (non-hydrogen) atoms. The molecule has 200 valence electrons. The van der Waals surface area contributed by atoms with Crippen LogP contribution in [0.1, 0.15) is 35.8 Å². The lowest BCUT2D eigenvalue weighted by Crippen LogP contribution is -2.48. The van der Waals surface area contributed by atoms with Crippen LogP contribution in [-0.2, 0) is 11.2 Å².